The number of hydrazone groups is 1. The maximum Gasteiger partial charge on any atom is 0.266 e. The number of hydrogen-bond donors (Lipinski definition) is 1. The van der Waals surface area contributed by atoms with Crippen molar-refractivity contribution < 1.29 is 4.79 Å². The van der Waals surface area contributed by atoms with E-state index in [2.05, 4.69) is 20.5 Å². The molecule has 7 nitrogen and oxygen atoms in total. The quantitative estimate of drug-likeness (QED) is 0.210. The Morgan fingerprint density at radius 3 is 2.71 bits per heavy atom. The summed E-state index contributed by atoms with van der Waals surface area (Å²) < 4.78 is 1.48. The molecule has 0 unspecified atom stereocenters. The first kappa shape index (κ1) is 20.8. The number of aromatic nitrogens is 3. The van der Waals surface area contributed by atoms with Crippen molar-refractivity contribution in [1.82, 2.24) is 20.0 Å². The minimum absolute atomic E-state index is 0.0305. The van der Waals surface area contributed by atoms with Gasteiger partial charge in [-0.3, -0.25) is 19.1 Å². The Hall–Kier alpha value is -3.49. The predicted molar refractivity (Wildman–Crippen MR) is 123 cm³/mol. The van der Waals surface area contributed by atoms with Gasteiger partial charge in [0.25, 0.3) is 11.5 Å². The highest BCUT2D eigenvalue weighted by Crippen LogP contribution is 2.22. The van der Waals surface area contributed by atoms with Crippen molar-refractivity contribution in [2.45, 2.75) is 5.16 Å². The first-order valence-corrected chi connectivity index (χ1v) is 10.6. The van der Waals surface area contributed by atoms with Crippen LogP contribution in [0.25, 0.3) is 16.6 Å². The zero-order valence-corrected chi connectivity index (χ0v) is 17.7. The van der Waals surface area contributed by atoms with E-state index >= 15 is 0 Å². The van der Waals surface area contributed by atoms with Gasteiger partial charge in [-0.25, -0.2) is 10.4 Å². The van der Waals surface area contributed by atoms with Gasteiger partial charge in [-0.2, -0.15) is 5.10 Å². The average Bonchev–Trinajstić information content (AvgIpc) is 2.79. The molecule has 31 heavy (non-hydrogen) atoms. The van der Waals surface area contributed by atoms with Gasteiger partial charge in [0.15, 0.2) is 5.16 Å². The van der Waals surface area contributed by atoms with E-state index < -0.39 is 0 Å². The fourth-order valence-electron chi connectivity index (χ4n) is 2.82. The Morgan fingerprint density at radius 1 is 1.13 bits per heavy atom. The highest BCUT2D eigenvalue weighted by Gasteiger charge is 2.14. The maximum absolute atomic E-state index is 13.2. The fourth-order valence-corrected chi connectivity index (χ4v) is 3.75. The van der Waals surface area contributed by atoms with E-state index in [1.807, 2.05) is 12.1 Å². The van der Waals surface area contributed by atoms with Crippen LogP contribution in [0.2, 0.25) is 5.02 Å². The number of para-hydroxylation sites is 1. The number of hydrogen-bond acceptors (Lipinski definition) is 6. The first-order chi connectivity index (χ1) is 15.1. The molecule has 0 spiro atoms. The Balaban J connectivity index is 1.58. The molecule has 2 aromatic heterocycles. The Bertz CT molecular complexity index is 1310. The molecule has 2 heterocycles. The summed E-state index contributed by atoms with van der Waals surface area (Å²) in [5, 5.41) is 5.38. The molecule has 0 fully saturated rings. The van der Waals surface area contributed by atoms with Gasteiger partial charge in [-0.05, 0) is 42.5 Å². The third-order valence-electron chi connectivity index (χ3n) is 4.25. The number of amides is 1. The Kier molecular flexibility index (Phi) is 6.40. The normalized spacial score (nSPS) is 11.1. The van der Waals surface area contributed by atoms with Crippen LogP contribution >= 0.6 is 23.4 Å². The highest BCUT2D eigenvalue weighted by molar-refractivity contribution is 7.99. The topological polar surface area (TPSA) is 89.2 Å². The maximum atomic E-state index is 13.2. The molecule has 0 saturated carbocycles. The van der Waals surface area contributed by atoms with E-state index in [9.17, 15) is 9.59 Å². The van der Waals surface area contributed by atoms with Crippen LogP contribution in [-0.2, 0) is 4.79 Å². The number of nitrogens with one attached hydrogen (secondary N) is 1. The van der Waals surface area contributed by atoms with E-state index in [-0.39, 0.29) is 17.2 Å². The highest BCUT2D eigenvalue weighted by atomic mass is 35.5. The van der Waals surface area contributed by atoms with Crippen LogP contribution in [0.3, 0.4) is 0 Å². The van der Waals surface area contributed by atoms with Gasteiger partial charge in [0, 0.05) is 23.0 Å². The van der Waals surface area contributed by atoms with Crippen molar-refractivity contribution in [3.8, 4) is 5.69 Å². The van der Waals surface area contributed by atoms with Crippen LogP contribution in [0.15, 0.2) is 88.1 Å². The van der Waals surface area contributed by atoms with Crippen LogP contribution in [0.5, 0.6) is 0 Å². The molecule has 154 valence electrons. The molecule has 9 heteroatoms. The standard InChI is InChI=1S/C22H16ClN5O2S/c23-16-7-9-17(10-8-16)28-21(30)18-5-1-2-6-19(18)26-22(28)31-14-20(29)27-25-13-15-4-3-11-24-12-15/h1-13H,14H2,(H,27,29). The summed E-state index contributed by atoms with van der Waals surface area (Å²) in [6.07, 6.45) is 4.80. The fraction of sp³-hybridized carbons (Fsp3) is 0.0455. The van der Waals surface area contributed by atoms with Crippen molar-refractivity contribution in [3.05, 3.63) is 94.0 Å². The average molecular weight is 450 g/mol. The van der Waals surface area contributed by atoms with E-state index in [0.717, 1.165) is 17.3 Å². The summed E-state index contributed by atoms with van der Waals surface area (Å²) in [5.74, 6) is -0.293. The number of thioether (sulfide) groups is 1. The van der Waals surface area contributed by atoms with Crippen molar-refractivity contribution in [3.63, 3.8) is 0 Å². The number of pyridine rings is 1. The lowest BCUT2D eigenvalue weighted by Gasteiger charge is -2.13. The molecule has 0 radical (unpaired) electrons. The van der Waals surface area contributed by atoms with E-state index in [1.165, 1.54) is 10.8 Å². The third-order valence-corrected chi connectivity index (χ3v) is 5.44. The minimum atomic E-state index is -0.324. The molecule has 0 aliphatic heterocycles. The Morgan fingerprint density at radius 2 is 1.94 bits per heavy atom. The van der Waals surface area contributed by atoms with Crippen LogP contribution in [0, 0.1) is 0 Å². The lowest BCUT2D eigenvalue weighted by molar-refractivity contribution is -0.118. The molecule has 0 saturated heterocycles. The lowest BCUT2D eigenvalue weighted by Crippen LogP contribution is -2.24. The molecule has 0 atom stereocenters. The molecule has 0 aliphatic carbocycles. The molecule has 0 aliphatic rings. The number of carbonyl (C=O) groups is 1. The van der Waals surface area contributed by atoms with Gasteiger partial charge in [0.2, 0.25) is 0 Å². The van der Waals surface area contributed by atoms with Gasteiger partial charge in [0.05, 0.1) is 28.6 Å². The van der Waals surface area contributed by atoms with Gasteiger partial charge in [0.1, 0.15) is 0 Å². The second kappa shape index (κ2) is 9.55. The number of benzene rings is 2. The lowest BCUT2D eigenvalue weighted by atomic mass is 10.2. The minimum Gasteiger partial charge on any atom is -0.272 e. The second-order valence-corrected chi connectivity index (χ2v) is 7.78. The van der Waals surface area contributed by atoms with Gasteiger partial charge >= 0.3 is 0 Å². The molecule has 0 bridgehead atoms. The first-order valence-electron chi connectivity index (χ1n) is 9.24. The Labute approximate surface area is 186 Å². The molecular weight excluding hydrogens is 434 g/mol. The van der Waals surface area contributed by atoms with Crippen molar-refractivity contribution >= 4 is 46.4 Å². The molecular formula is C22H16ClN5O2S. The third kappa shape index (κ3) is 4.99. The molecule has 1 N–H and O–H groups in total. The summed E-state index contributed by atoms with van der Waals surface area (Å²) in [4.78, 5) is 34.0. The summed E-state index contributed by atoms with van der Waals surface area (Å²) in [5.41, 5.74) is 4.20. The predicted octanol–water partition coefficient (Wildman–Crippen LogP) is 3.68. The van der Waals surface area contributed by atoms with Crippen LogP contribution in [0.4, 0.5) is 0 Å². The van der Waals surface area contributed by atoms with E-state index in [4.69, 9.17) is 11.6 Å². The number of fused-ring (bicyclic) bond motifs is 1. The van der Waals surface area contributed by atoms with Crippen molar-refractivity contribution in [1.29, 1.82) is 0 Å². The van der Waals surface area contributed by atoms with Gasteiger partial charge in [-0.15, -0.1) is 0 Å². The second-order valence-electron chi connectivity index (χ2n) is 6.40. The number of carbonyl (C=O) groups excluding carboxylic acids is 1. The SMILES string of the molecule is O=C(CSc1nc2ccccc2c(=O)n1-c1ccc(Cl)cc1)NN=Cc1cccnc1. The number of halogens is 1. The van der Waals surface area contributed by atoms with Gasteiger partial charge in [-0.1, -0.05) is 41.6 Å². The van der Waals surface area contributed by atoms with Crippen molar-refractivity contribution in [2.75, 3.05) is 5.75 Å². The van der Waals surface area contributed by atoms with Crippen LogP contribution < -0.4 is 11.0 Å². The molecule has 2 aromatic carbocycles. The van der Waals surface area contributed by atoms with Gasteiger partial charge < -0.3 is 0 Å². The zero-order chi connectivity index (χ0) is 21.6. The summed E-state index contributed by atoms with van der Waals surface area (Å²) >= 11 is 7.14. The molecule has 4 rings (SSSR count). The summed E-state index contributed by atoms with van der Waals surface area (Å²) in [7, 11) is 0. The van der Waals surface area contributed by atoms with Crippen LogP contribution in [-0.4, -0.2) is 32.4 Å². The van der Waals surface area contributed by atoms with Crippen molar-refractivity contribution in [2.24, 2.45) is 5.10 Å². The number of rotatable bonds is 6. The van der Waals surface area contributed by atoms with E-state index in [1.54, 1.807) is 60.9 Å². The largest absolute Gasteiger partial charge is 0.272 e. The molecule has 1 amide bonds. The summed E-state index contributed by atoms with van der Waals surface area (Å²) in [6, 6.07) is 17.6. The number of nitrogens with zero attached hydrogens (tertiary/aromatic N) is 4. The summed E-state index contributed by atoms with van der Waals surface area (Å²) in [6.45, 7) is 0. The van der Waals surface area contributed by atoms with Crippen LogP contribution in [0.1, 0.15) is 5.56 Å². The van der Waals surface area contributed by atoms with E-state index in [0.29, 0.717) is 26.8 Å². The zero-order valence-electron chi connectivity index (χ0n) is 16.1. The molecule has 4 aromatic rings. The monoisotopic (exact) mass is 449 g/mol. The smallest absolute Gasteiger partial charge is 0.266 e.